The summed E-state index contributed by atoms with van der Waals surface area (Å²) in [5, 5.41) is 5.36. The highest BCUT2D eigenvalue weighted by molar-refractivity contribution is 6.31. The third-order valence-electron chi connectivity index (χ3n) is 5.48. The van der Waals surface area contributed by atoms with Crippen LogP contribution in [0.1, 0.15) is 35.9 Å². The first-order valence-electron chi connectivity index (χ1n) is 9.13. The molecule has 2 N–H and O–H groups in total. The average Bonchev–Trinajstić information content (AvgIpc) is 3.12. The first-order valence-corrected chi connectivity index (χ1v) is 9.50. The normalized spacial score (nSPS) is 19.3. The van der Waals surface area contributed by atoms with Crippen LogP contribution in [0.3, 0.4) is 0 Å². The molecule has 0 saturated carbocycles. The number of aryl methyl sites for hydroxylation is 2. The summed E-state index contributed by atoms with van der Waals surface area (Å²) < 4.78 is 1.87. The van der Waals surface area contributed by atoms with E-state index in [9.17, 15) is 4.79 Å². The fourth-order valence-corrected chi connectivity index (χ4v) is 3.98. The predicted molar refractivity (Wildman–Crippen MR) is 112 cm³/mol. The van der Waals surface area contributed by atoms with E-state index in [1.54, 1.807) is 0 Å². The molecule has 2 heterocycles. The number of halogens is 2. The topological polar surface area (TPSA) is 64.2 Å². The molecule has 148 valence electrons. The molecule has 0 aliphatic carbocycles. The number of amides is 1. The molecular weight excluding hydrogens is 383 g/mol. The number of nitrogens with two attached hydrogens (primary N) is 1. The van der Waals surface area contributed by atoms with Crippen LogP contribution in [0.4, 0.5) is 0 Å². The Morgan fingerprint density at radius 1 is 1.33 bits per heavy atom. The monoisotopic (exact) mass is 410 g/mol. The molecule has 1 fully saturated rings. The van der Waals surface area contributed by atoms with Crippen molar-refractivity contribution in [2.75, 3.05) is 13.1 Å². The van der Waals surface area contributed by atoms with Crippen LogP contribution in [-0.4, -0.2) is 39.7 Å². The number of likely N-dealkylation sites (tertiary alicyclic amines) is 1. The second-order valence-electron chi connectivity index (χ2n) is 7.40. The maximum Gasteiger partial charge on any atom is 0.227 e. The van der Waals surface area contributed by atoms with E-state index in [2.05, 4.69) is 12.0 Å². The summed E-state index contributed by atoms with van der Waals surface area (Å²) in [6, 6.07) is 6.15. The van der Waals surface area contributed by atoms with Crippen molar-refractivity contribution >= 4 is 29.9 Å². The van der Waals surface area contributed by atoms with Gasteiger partial charge in [-0.25, -0.2) is 4.68 Å². The summed E-state index contributed by atoms with van der Waals surface area (Å²) in [4.78, 5) is 14.8. The van der Waals surface area contributed by atoms with E-state index in [1.807, 2.05) is 48.6 Å². The van der Waals surface area contributed by atoms with Crippen LogP contribution in [0.25, 0.3) is 5.69 Å². The van der Waals surface area contributed by atoms with Gasteiger partial charge in [0.15, 0.2) is 0 Å². The van der Waals surface area contributed by atoms with Gasteiger partial charge < -0.3 is 10.6 Å². The molecule has 7 heteroatoms. The van der Waals surface area contributed by atoms with Crippen LogP contribution in [0.5, 0.6) is 0 Å². The Kier molecular flexibility index (Phi) is 6.95. The third kappa shape index (κ3) is 4.31. The smallest absolute Gasteiger partial charge is 0.227 e. The fourth-order valence-electron chi connectivity index (χ4n) is 3.81. The Morgan fingerprint density at radius 2 is 2.04 bits per heavy atom. The minimum Gasteiger partial charge on any atom is -0.339 e. The number of nitrogens with zero attached hydrogens (tertiary/aromatic N) is 3. The van der Waals surface area contributed by atoms with Gasteiger partial charge in [0.25, 0.3) is 0 Å². The molecule has 2 atom stereocenters. The van der Waals surface area contributed by atoms with Crippen LogP contribution in [0.2, 0.25) is 5.02 Å². The molecule has 0 bridgehead atoms. The highest BCUT2D eigenvalue weighted by Crippen LogP contribution is 2.26. The van der Waals surface area contributed by atoms with Gasteiger partial charge in [-0.1, -0.05) is 17.7 Å². The van der Waals surface area contributed by atoms with Gasteiger partial charge in [0, 0.05) is 28.9 Å². The Bertz CT molecular complexity index is 834. The maximum absolute atomic E-state index is 12.9. The Labute approximate surface area is 172 Å². The lowest BCUT2D eigenvalue weighted by molar-refractivity contribution is -0.131. The van der Waals surface area contributed by atoms with E-state index in [0.717, 1.165) is 41.2 Å². The first-order chi connectivity index (χ1) is 12.3. The van der Waals surface area contributed by atoms with Gasteiger partial charge in [0.2, 0.25) is 5.91 Å². The number of carbonyl (C=O) groups is 1. The molecule has 1 amide bonds. The second kappa shape index (κ2) is 8.63. The summed E-state index contributed by atoms with van der Waals surface area (Å²) in [6.07, 6.45) is 1.36. The van der Waals surface area contributed by atoms with E-state index in [4.69, 9.17) is 17.3 Å². The SMILES string of the molecule is Cc1ccc(-n2nc(C)c(CC(=O)N3CC(CN)CC3C)c2C)cc1Cl.Cl. The Balaban J connectivity index is 0.00000261. The standard InChI is InChI=1S/C20H27ClN4O.ClH/c1-12-5-6-17(8-19(12)21)25-15(4)18(14(3)23-25)9-20(26)24-11-16(10-22)7-13(24)2;/h5-6,8,13,16H,7,9-11,22H2,1-4H3;1H. The lowest BCUT2D eigenvalue weighted by Gasteiger charge is -2.21. The lowest BCUT2D eigenvalue weighted by Crippen LogP contribution is -2.35. The van der Waals surface area contributed by atoms with Crippen LogP contribution in [-0.2, 0) is 11.2 Å². The Hall–Kier alpha value is -1.56. The highest BCUT2D eigenvalue weighted by atomic mass is 35.5. The first kappa shape index (κ1) is 21.7. The van der Waals surface area contributed by atoms with Gasteiger partial charge in [-0.2, -0.15) is 5.10 Å². The molecule has 0 radical (unpaired) electrons. The molecule has 2 unspecified atom stereocenters. The van der Waals surface area contributed by atoms with Gasteiger partial charge in [-0.05, 0) is 64.3 Å². The summed E-state index contributed by atoms with van der Waals surface area (Å²) in [5.41, 5.74) is 10.6. The number of hydrogen-bond acceptors (Lipinski definition) is 3. The zero-order valence-electron chi connectivity index (χ0n) is 16.3. The largest absolute Gasteiger partial charge is 0.339 e. The molecule has 3 rings (SSSR count). The van der Waals surface area contributed by atoms with E-state index < -0.39 is 0 Å². The zero-order valence-corrected chi connectivity index (χ0v) is 17.9. The van der Waals surface area contributed by atoms with E-state index >= 15 is 0 Å². The van der Waals surface area contributed by atoms with Crippen molar-refractivity contribution in [2.24, 2.45) is 11.7 Å². The minimum absolute atomic E-state index is 0. The van der Waals surface area contributed by atoms with Crippen LogP contribution < -0.4 is 5.73 Å². The van der Waals surface area contributed by atoms with Gasteiger partial charge in [-0.3, -0.25) is 4.79 Å². The summed E-state index contributed by atoms with van der Waals surface area (Å²) in [7, 11) is 0. The number of benzene rings is 1. The van der Waals surface area contributed by atoms with Crippen LogP contribution >= 0.6 is 24.0 Å². The lowest BCUT2D eigenvalue weighted by atomic mass is 10.1. The zero-order chi connectivity index (χ0) is 19.0. The van der Waals surface area contributed by atoms with Gasteiger partial charge in [-0.15, -0.1) is 12.4 Å². The quantitative estimate of drug-likeness (QED) is 0.836. The number of hydrogen-bond donors (Lipinski definition) is 1. The maximum atomic E-state index is 12.9. The van der Waals surface area contributed by atoms with Crippen molar-refractivity contribution in [3.05, 3.63) is 45.7 Å². The van der Waals surface area contributed by atoms with Crippen molar-refractivity contribution in [2.45, 2.75) is 46.6 Å². The third-order valence-corrected chi connectivity index (χ3v) is 5.89. The molecule has 1 aliphatic rings. The second-order valence-corrected chi connectivity index (χ2v) is 7.81. The number of aromatic nitrogens is 2. The van der Waals surface area contributed by atoms with Crippen LogP contribution in [0.15, 0.2) is 18.2 Å². The molecule has 1 aromatic carbocycles. The minimum atomic E-state index is 0. The van der Waals surface area contributed by atoms with Gasteiger partial charge in [0.1, 0.15) is 0 Å². The summed E-state index contributed by atoms with van der Waals surface area (Å²) >= 11 is 6.26. The molecule has 1 aromatic heterocycles. The molecule has 27 heavy (non-hydrogen) atoms. The van der Waals surface area contributed by atoms with Crippen molar-refractivity contribution < 1.29 is 4.79 Å². The van der Waals surface area contributed by atoms with Crippen molar-refractivity contribution in [3.8, 4) is 5.69 Å². The summed E-state index contributed by atoms with van der Waals surface area (Å²) in [5.74, 6) is 0.565. The van der Waals surface area contributed by atoms with Crippen LogP contribution in [0, 0.1) is 26.7 Å². The van der Waals surface area contributed by atoms with Crippen molar-refractivity contribution in [3.63, 3.8) is 0 Å². The van der Waals surface area contributed by atoms with E-state index in [-0.39, 0.29) is 24.4 Å². The van der Waals surface area contributed by atoms with E-state index in [1.165, 1.54) is 0 Å². The molecular formula is C20H28Cl2N4O. The molecule has 5 nitrogen and oxygen atoms in total. The van der Waals surface area contributed by atoms with Gasteiger partial charge in [0.05, 0.1) is 17.8 Å². The predicted octanol–water partition coefficient (Wildman–Crippen LogP) is 3.61. The highest BCUT2D eigenvalue weighted by Gasteiger charge is 2.32. The number of rotatable bonds is 4. The Morgan fingerprint density at radius 3 is 2.63 bits per heavy atom. The van der Waals surface area contributed by atoms with Crippen molar-refractivity contribution in [1.29, 1.82) is 0 Å². The average molecular weight is 411 g/mol. The van der Waals surface area contributed by atoms with Crippen molar-refractivity contribution in [1.82, 2.24) is 14.7 Å². The molecule has 0 spiro atoms. The van der Waals surface area contributed by atoms with Gasteiger partial charge >= 0.3 is 0 Å². The fraction of sp³-hybridized carbons (Fsp3) is 0.500. The van der Waals surface area contributed by atoms with E-state index in [0.29, 0.717) is 23.9 Å². The molecule has 1 saturated heterocycles. The summed E-state index contributed by atoms with van der Waals surface area (Å²) in [6.45, 7) is 9.44. The molecule has 1 aliphatic heterocycles. The number of carbonyl (C=O) groups excluding carboxylic acids is 1. The molecule has 2 aromatic rings.